The van der Waals surface area contributed by atoms with E-state index in [-0.39, 0.29) is 11.1 Å². The molecule has 1 aliphatic heterocycles. The second kappa shape index (κ2) is 7.55. The summed E-state index contributed by atoms with van der Waals surface area (Å²) in [5, 5.41) is 19.4. The molecule has 1 aliphatic rings. The molecule has 0 bridgehead atoms. The number of allylic oxidation sites excluding steroid dienone is 1. The first-order chi connectivity index (χ1) is 14.1. The first-order valence-electron chi connectivity index (χ1n) is 9.60. The normalized spacial score (nSPS) is 15.0. The highest BCUT2D eigenvalue weighted by atomic mass is 16.5. The zero-order valence-electron chi connectivity index (χ0n) is 16.8. The number of rotatable bonds is 4. The van der Waals surface area contributed by atoms with Gasteiger partial charge >= 0.3 is 0 Å². The fourth-order valence-electron chi connectivity index (χ4n) is 4.06. The monoisotopic (exact) mass is 393 g/mol. The molecule has 1 N–H and O–H groups in total. The van der Waals surface area contributed by atoms with Crippen LogP contribution in [0.4, 0.5) is 0 Å². The molecule has 2 aromatic heterocycles. The highest BCUT2D eigenvalue weighted by Gasteiger charge is 2.25. The number of furan rings is 1. The van der Waals surface area contributed by atoms with Gasteiger partial charge in [0.05, 0.1) is 31.3 Å². The summed E-state index contributed by atoms with van der Waals surface area (Å²) in [7, 11) is 3.09. The van der Waals surface area contributed by atoms with Crippen molar-refractivity contribution in [1.82, 2.24) is 4.90 Å². The van der Waals surface area contributed by atoms with E-state index in [1.54, 1.807) is 19.4 Å². The van der Waals surface area contributed by atoms with Gasteiger partial charge in [0.25, 0.3) is 0 Å². The van der Waals surface area contributed by atoms with Gasteiger partial charge in [-0.3, -0.25) is 5.41 Å². The molecule has 1 aromatic carbocycles. The van der Waals surface area contributed by atoms with Crippen LogP contribution in [-0.2, 0) is 0 Å². The molecule has 0 atom stereocenters. The van der Waals surface area contributed by atoms with E-state index in [0.29, 0.717) is 33.6 Å². The van der Waals surface area contributed by atoms with E-state index in [2.05, 4.69) is 11.0 Å². The molecule has 150 valence electrons. The Bertz CT molecular complexity index is 1210. The molecule has 29 heavy (non-hydrogen) atoms. The predicted octanol–water partition coefficient (Wildman–Crippen LogP) is 4.39. The number of hydrogen-bond donors (Lipinski definition) is 1. The average Bonchev–Trinajstić information content (AvgIpc) is 3.22. The zero-order valence-corrected chi connectivity index (χ0v) is 16.8. The molecule has 3 aromatic rings. The first kappa shape index (κ1) is 18.9. The van der Waals surface area contributed by atoms with E-state index >= 15 is 0 Å². The summed E-state index contributed by atoms with van der Waals surface area (Å²) < 4.78 is 22.6. The molecule has 0 aliphatic carbocycles. The topological polar surface area (TPSA) is 95.6 Å². The summed E-state index contributed by atoms with van der Waals surface area (Å²) in [6.07, 6.45) is 7.04. The van der Waals surface area contributed by atoms with Crippen LogP contribution in [0.2, 0.25) is 0 Å². The van der Waals surface area contributed by atoms with Gasteiger partial charge in [0, 0.05) is 24.4 Å². The summed E-state index contributed by atoms with van der Waals surface area (Å²) in [4.78, 5) is 2.31. The van der Waals surface area contributed by atoms with Gasteiger partial charge < -0.3 is 23.2 Å². The lowest BCUT2D eigenvalue weighted by molar-refractivity contribution is 0.288. The van der Waals surface area contributed by atoms with Crippen molar-refractivity contribution in [1.29, 1.82) is 10.7 Å². The number of likely N-dealkylation sites (tertiary alicyclic amines) is 1. The smallest absolute Gasteiger partial charge is 0.230 e. The number of nitrogens with zero attached hydrogens (tertiary/aromatic N) is 2. The number of methoxy groups -OCH3 is 2. The molecule has 4 rings (SSSR count). The van der Waals surface area contributed by atoms with Gasteiger partial charge in [-0.1, -0.05) is 0 Å². The van der Waals surface area contributed by atoms with Gasteiger partial charge in [0.1, 0.15) is 17.4 Å². The molecule has 0 saturated carbocycles. The van der Waals surface area contributed by atoms with Crippen molar-refractivity contribution in [3.8, 4) is 17.6 Å². The lowest BCUT2D eigenvalue weighted by Crippen LogP contribution is -2.27. The fourth-order valence-corrected chi connectivity index (χ4v) is 4.06. The maximum atomic E-state index is 9.78. The van der Waals surface area contributed by atoms with Crippen LogP contribution in [0.5, 0.6) is 11.5 Å². The number of ether oxygens (including phenoxy) is 2. The Morgan fingerprint density at radius 3 is 2.55 bits per heavy atom. The summed E-state index contributed by atoms with van der Waals surface area (Å²) in [6, 6.07) is 3.92. The summed E-state index contributed by atoms with van der Waals surface area (Å²) >= 11 is 0. The molecule has 0 unspecified atom stereocenters. The van der Waals surface area contributed by atoms with Gasteiger partial charge in [-0.15, -0.1) is 0 Å². The first-order valence-corrected chi connectivity index (χ1v) is 9.60. The molecule has 7 nitrogen and oxygen atoms in total. The number of piperidine rings is 1. The SMILES string of the molecule is COc1c2occc2c(OC)c2c(/C=C(/C)N3CCCCC3)c(C#N)c(=N)oc12. The van der Waals surface area contributed by atoms with E-state index in [0.717, 1.165) is 37.0 Å². The van der Waals surface area contributed by atoms with Crippen molar-refractivity contribution in [3.05, 3.63) is 34.7 Å². The zero-order chi connectivity index (χ0) is 20.5. The Labute approximate surface area is 168 Å². The Morgan fingerprint density at radius 1 is 1.17 bits per heavy atom. The van der Waals surface area contributed by atoms with Crippen molar-refractivity contribution < 1.29 is 18.3 Å². The van der Waals surface area contributed by atoms with E-state index in [9.17, 15) is 5.26 Å². The molecule has 0 radical (unpaired) electrons. The minimum Gasteiger partial charge on any atom is -0.495 e. The molecule has 3 heterocycles. The minimum atomic E-state index is -0.219. The van der Waals surface area contributed by atoms with Gasteiger partial charge in [0.15, 0.2) is 11.2 Å². The Balaban J connectivity index is 2.11. The van der Waals surface area contributed by atoms with Gasteiger partial charge in [-0.05, 0) is 38.3 Å². The number of hydrogen-bond acceptors (Lipinski definition) is 7. The second-order valence-electron chi connectivity index (χ2n) is 7.10. The summed E-state index contributed by atoms with van der Waals surface area (Å²) in [6.45, 7) is 4.01. The third kappa shape index (κ3) is 3.01. The second-order valence-corrected chi connectivity index (χ2v) is 7.10. The highest BCUT2D eigenvalue weighted by molar-refractivity contribution is 6.10. The van der Waals surface area contributed by atoms with Gasteiger partial charge in [-0.25, -0.2) is 0 Å². The quantitative estimate of drug-likeness (QED) is 0.706. The lowest BCUT2D eigenvalue weighted by atomic mass is 10.00. The van der Waals surface area contributed by atoms with Crippen molar-refractivity contribution in [3.63, 3.8) is 0 Å². The molecule has 1 saturated heterocycles. The van der Waals surface area contributed by atoms with E-state index < -0.39 is 0 Å². The van der Waals surface area contributed by atoms with E-state index in [4.69, 9.17) is 23.7 Å². The largest absolute Gasteiger partial charge is 0.495 e. The van der Waals surface area contributed by atoms with Crippen molar-refractivity contribution in [2.45, 2.75) is 26.2 Å². The predicted molar refractivity (Wildman–Crippen MR) is 109 cm³/mol. The van der Waals surface area contributed by atoms with Crippen LogP contribution in [-0.4, -0.2) is 32.2 Å². The van der Waals surface area contributed by atoms with E-state index in [1.165, 1.54) is 13.5 Å². The Morgan fingerprint density at radius 2 is 1.90 bits per heavy atom. The Kier molecular flexibility index (Phi) is 4.93. The third-order valence-electron chi connectivity index (χ3n) is 5.47. The average molecular weight is 393 g/mol. The highest BCUT2D eigenvalue weighted by Crippen LogP contribution is 2.45. The van der Waals surface area contributed by atoms with Crippen LogP contribution in [0.15, 0.2) is 26.9 Å². The number of benzene rings is 1. The van der Waals surface area contributed by atoms with Crippen molar-refractivity contribution in [2.24, 2.45) is 0 Å². The van der Waals surface area contributed by atoms with Crippen LogP contribution in [0.3, 0.4) is 0 Å². The number of nitriles is 1. The van der Waals surface area contributed by atoms with E-state index in [1.807, 2.05) is 13.0 Å². The van der Waals surface area contributed by atoms with Crippen LogP contribution < -0.4 is 15.0 Å². The molecule has 0 spiro atoms. The summed E-state index contributed by atoms with van der Waals surface area (Å²) in [5.41, 5.74) is 2.39. The molecular formula is C22H23N3O4. The fraction of sp³-hybridized carbons (Fsp3) is 0.364. The van der Waals surface area contributed by atoms with Crippen LogP contribution in [0.1, 0.15) is 37.3 Å². The number of nitrogens with one attached hydrogen (secondary N) is 1. The third-order valence-corrected chi connectivity index (χ3v) is 5.47. The van der Waals surface area contributed by atoms with Crippen molar-refractivity contribution in [2.75, 3.05) is 27.3 Å². The lowest BCUT2D eigenvalue weighted by Gasteiger charge is -2.29. The maximum Gasteiger partial charge on any atom is 0.230 e. The molecule has 7 heteroatoms. The van der Waals surface area contributed by atoms with Crippen LogP contribution in [0.25, 0.3) is 28.0 Å². The van der Waals surface area contributed by atoms with Gasteiger partial charge in [0.2, 0.25) is 11.3 Å². The van der Waals surface area contributed by atoms with Crippen LogP contribution in [0, 0.1) is 16.7 Å². The Hall–Kier alpha value is -3.40. The van der Waals surface area contributed by atoms with Crippen LogP contribution >= 0.6 is 0 Å². The maximum absolute atomic E-state index is 9.78. The standard InChI is InChI=1S/C22H23N3O4/c1-13(25-8-5-4-6-9-25)11-15-16(12-23)22(24)29-20-17(15)18(26-2)14-7-10-28-19(14)21(20)27-3/h7,10-11,24H,4-6,8-9H2,1-3H3/b13-11-,24-22?. The summed E-state index contributed by atoms with van der Waals surface area (Å²) in [5.74, 6) is 0.909. The molecule has 0 amide bonds. The molecule has 1 fully saturated rings. The number of fused-ring (bicyclic) bond motifs is 2. The van der Waals surface area contributed by atoms with Gasteiger partial charge in [-0.2, -0.15) is 5.26 Å². The molecular weight excluding hydrogens is 370 g/mol. The van der Waals surface area contributed by atoms with Crippen molar-refractivity contribution >= 4 is 28.0 Å². The minimum absolute atomic E-state index is 0.164.